The maximum absolute atomic E-state index is 12.8. The molecule has 0 unspecified atom stereocenters. The highest BCUT2D eigenvalue weighted by molar-refractivity contribution is 5.89. The van der Waals surface area contributed by atoms with Gasteiger partial charge in [0.2, 0.25) is 0 Å². The smallest absolute Gasteiger partial charge is 0.337 e. The van der Waals surface area contributed by atoms with Crippen LogP contribution in [0.5, 0.6) is 0 Å². The largest absolute Gasteiger partial charge is 0.465 e. The summed E-state index contributed by atoms with van der Waals surface area (Å²) in [7, 11) is 1.41. The first-order valence-corrected chi connectivity index (χ1v) is 13.9. The number of hydrogen-bond acceptors (Lipinski definition) is 8. The maximum Gasteiger partial charge on any atom is 0.337 e. The summed E-state index contributed by atoms with van der Waals surface area (Å²) in [5.74, 6) is -0.361. The van der Waals surface area contributed by atoms with E-state index in [4.69, 9.17) is 4.74 Å². The fraction of sp³-hybridized carbons (Fsp3) is 0.206. The molecule has 0 aliphatic heterocycles. The summed E-state index contributed by atoms with van der Waals surface area (Å²) >= 11 is 0. The van der Waals surface area contributed by atoms with Gasteiger partial charge in [-0.1, -0.05) is 30.3 Å². The quantitative estimate of drug-likeness (QED) is 0.176. The third-order valence-corrected chi connectivity index (χ3v) is 6.73. The van der Waals surface area contributed by atoms with E-state index in [1.165, 1.54) is 7.11 Å². The van der Waals surface area contributed by atoms with E-state index in [-0.39, 0.29) is 5.97 Å². The van der Waals surface area contributed by atoms with Crippen molar-refractivity contribution in [3.8, 4) is 0 Å². The van der Waals surface area contributed by atoms with Crippen molar-refractivity contribution in [2.75, 3.05) is 7.11 Å². The predicted molar refractivity (Wildman–Crippen MR) is 161 cm³/mol. The van der Waals surface area contributed by atoms with Gasteiger partial charge in [0.1, 0.15) is 0 Å². The average Bonchev–Trinajstić information content (AvgIpc) is 3.02. The lowest BCUT2D eigenvalue weighted by molar-refractivity contribution is 0.0600. The van der Waals surface area contributed by atoms with Gasteiger partial charge < -0.3 is 4.74 Å². The Morgan fingerprint density at radius 2 is 0.905 bits per heavy atom. The number of carbonyl (C=O) groups excluding carboxylic acids is 1. The number of nitrogens with zero attached hydrogens (tertiary/aromatic N) is 6. The second-order valence-electron chi connectivity index (χ2n) is 10.1. The van der Waals surface area contributed by atoms with Gasteiger partial charge in [-0.05, 0) is 71.8 Å². The van der Waals surface area contributed by atoms with Gasteiger partial charge in [-0.2, -0.15) is 0 Å². The normalized spacial score (nSPS) is 11.1. The minimum atomic E-state index is -0.361. The van der Waals surface area contributed by atoms with Gasteiger partial charge >= 0.3 is 5.97 Å². The molecule has 0 saturated heterocycles. The lowest BCUT2D eigenvalue weighted by Gasteiger charge is -2.24. The molecule has 0 radical (unpaired) electrons. The molecule has 5 aromatic rings. The molecule has 4 aromatic heterocycles. The minimum absolute atomic E-state index is 0.361. The van der Waals surface area contributed by atoms with Crippen molar-refractivity contribution in [1.82, 2.24) is 29.7 Å². The molecule has 0 spiro atoms. The van der Waals surface area contributed by atoms with Gasteiger partial charge in [0.05, 0.1) is 35.4 Å². The van der Waals surface area contributed by atoms with Gasteiger partial charge in [-0.15, -0.1) is 0 Å². The van der Waals surface area contributed by atoms with Gasteiger partial charge in [-0.3, -0.25) is 29.7 Å². The summed E-state index contributed by atoms with van der Waals surface area (Å²) in [6, 6.07) is 29.7. The second kappa shape index (κ2) is 14.7. The molecule has 1 aromatic carbocycles. The Morgan fingerprint density at radius 1 is 0.548 bits per heavy atom. The molecule has 5 rings (SSSR count). The first-order valence-electron chi connectivity index (χ1n) is 13.9. The van der Waals surface area contributed by atoms with Crippen molar-refractivity contribution >= 4 is 5.97 Å². The van der Waals surface area contributed by atoms with Gasteiger partial charge in [-0.25, -0.2) is 4.79 Å². The molecule has 4 heterocycles. The van der Waals surface area contributed by atoms with Crippen LogP contribution in [0.25, 0.3) is 0 Å². The van der Waals surface area contributed by atoms with Gasteiger partial charge in [0.15, 0.2) is 0 Å². The summed E-state index contributed by atoms with van der Waals surface area (Å²) < 4.78 is 5.13. The summed E-state index contributed by atoms with van der Waals surface area (Å²) in [6.45, 7) is 3.76. The summed E-state index contributed by atoms with van der Waals surface area (Å²) in [5.41, 5.74) is 6.41. The van der Waals surface area contributed by atoms with Crippen LogP contribution in [-0.2, 0) is 44.0 Å². The number of hydrogen-bond donors (Lipinski definition) is 0. The maximum atomic E-state index is 12.8. The molecular formula is C34H34N6O2. The summed E-state index contributed by atoms with van der Waals surface area (Å²) in [6.07, 6.45) is 7.23. The highest BCUT2D eigenvalue weighted by Gasteiger charge is 2.16. The molecule has 0 N–H and O–H groups in total. The average molecular weight is 559 g/mol. The van der Waals surface area contributed by atoms with Crippen LogP contribution in [-0.4, -0.2) is 42.8 Å². The summed E-state index contributed by atoms with van der Waals surface area (Å²) in [5, 5.41) is 0. The zero-order valence-electron chi connectivity index (χ0n) is 23.7. The van der Waals surface area contributed by atoms with Gasteiger partial charge in [0, 0.05) is 64.1 Å². The minimum Gasteiger partial charge on any atom is -0.465 e. The molecule has 0 aliphatic rings. The summed E-state index contributed by atoms with van der Waals surface area (Å²) in [4.78, 5) is 35.5. The third-order valence-electron chi connectivity index (χ3n) is 6.73. The van der Waals surface area contributed by atoms with E-state index < -0.39 is 0 Å². The number of aromatic nitrogens is 4. The van der Waals surface area contributed by atoms with E-state index in [0.29, 0.717) is 44.8 Å². The molecule has 0 amide bonds. The first kappa shape index (κ1) is 28.7. The van der Waals surface area contributed by atoms with Crippen LogP contribution < -0.4 is 0 Å². The Morgan fingerprint density at radius 3 is 1.19 bits per heavy atom. The van der Waals surface area contributed by atoms with Crippen molar-refractivity contribution in [2.45, 2.75) is 39.3 Å². The monoisotopic (exact) mass is 558 g/mol. The fourth-order valence-electron chi connectivity index (χ4n) is 4.92. The van der Waals surface area contributed by atoms with Crippen molar-refractivity contribution in [3.63, 3.8) is 0 Å². The van der Waals surface area contributed by atoms with E-state index >= 15 is 0 Å². The van der Waals surface area contributed by atoms with Crippen LogP contribution in [0.15, 0.2) is 116 Å². The van der Waals surface area contributed by atoms with Crippen molar-refractivity contribution in [2.24, 2.45) is 0 Å². The molecule has 0 bridgehead atoms. The van der Waals surface area contributed by atoms with Crippen LogP contribution in [0.3, 0.4) is 0 Å². The number of carbonyl (C=O) groups is 1. The molecule has 0 saturated carbocycles. The van der Waals surface area contributed by atoms with Crippen LogP contribution in [0.4, 0.5) is 0 Å². The van der Waals surface area contributed by atoms with E-state index in [9.17, 15) is 4.79 Å². The van der Waals surface area contributed by atoms with Crippen LogP contribution in [0.1, 0.15) is 44.3 Å². The second-order valence-corrected chi connectivity index (χ2v) is 10.1. The SMILES string of the molecule is COC(=O)c1cc(CN(Cc2ccccn2)Cc2ccccn2)cc(CN(Cc2ccccn2)Cc2ccccn2)c1. The number of pyridine rings is 4. The van der Waals surface area contributed by atoms with E-state index in [1.54, 1.807) is 0 Å². The fourth-order valence-corrected chi connectivity index (χ4v) is 4.92. The number of benzene rings is 1. The van der Waals surface area contributed by atoms with E-state index in [1.807, 2.05) is 110 Å². The first-order chi connectivity index (χ1) is 20.6. The molecule has 0 aliphatic carbocycles. The van der Waals surface area contributed by atoms with Crippen LogP contribution in [0.2, 0.25) is 0 Å². The third kappa shape index (κ3) is 8.60. The molecule has 212 valence electrons. The zero-order valence-corrected chi connectivity index (χ0v) is 23.7. The molecule has 42 heavy (non-hydrogen) atoms. The Bertz CT molecular complexity index is 1350. The van der Waals surface area contributed by atoms with E-state index in [2.05, 4.69) is 35.8 Å². The Balaban J connectivity index is 1.43. The van der Waals surface area contributed by atoms with Crippen LogP contribution >= 0.6 is 0 Å². The number of rotatable bonds is 13. The number of esters is 1. The molecule has 0 atom stereocenters. The zero-order chi connectivity index (χ0) is 29.0. The molecule has 8 heteroatoms. The lowest BCUT2D eigenvalue weighted by atomic mass is 10.0. The predicted octanol–water partition coefficient (Wildman–Crippen LogP) is 5.46. The van der Waals surface area contributed by atoms with Crippen molar-refractivity contribution in [1.29, 1.82) is 0 Å². The van der Waals surface area contributed by atoms with Crippen molar-refractivity contribution in [3.05, 3.63) is 155 Å². The molecule has 8 nitrogen and oxygen atoms in total. The Kier molecular flexibility index (Phi) is 10.1. The number of ether oxygens (including phenoxy) is 1. The van der Waals surface area contributed by atoms with Crippen molar-refractivity contribution < 1.29 is 9.53 Å². The topological polar surface area (TPSA) is 84.3 Å². The highest BCUT2D eigenvalue weighted by Crippen LogP contribution is 2.20. The molecule has 0 fully saturated rings. The van der Waals surface area contributed by atoms with Gasteiger partial charge in [0.25, 0.3) is 0 Å². The van der Waals surface area contributed by atoms with Crippen LogP contribution in [0, 0.1) is 0 Å². The van der Waals surface area contributed by atoms with E-state index in [0.717, 1.165) is 33.9 Å². The number of methoxy groups -OCH3 is 1. The lowest BCUT2D eigenvalue weighted by Crippen LogP contribution is -2.25. The Labute approximate surface area is 246 Å². The standard InChI is InChI=1S/C34H34N6O2/c1-42-34(41)29-19-27(21-39(23-30-10-2-6-14-35-30)24-31-11-3-7-15-36-31)18-28(20-29)22-40(25-32-12-4-8-16-37-32)26-33-13-5-9-17-38-33/h2-20H,21-26H2,1H3. The highest BCUT2D eigenvalue weighted by atomic mass is 16.5. The Hall–Kier alpha value is -4.79. The molecular weight excluding hydrogens is 524 g/mol.